The fraction of sp³-hybridized carbons (Fsp3) is 0.471. The Morgan fingerprint density at radius 3 is 2.59 bits per heavy atom. The Kier molecular flexibility index (Phi) is 5.08. The van der Waals surface area contributed by atoms with Gasteiger partial charge < -0.3 is 19.1 Å². The Morgan fingerprint density at radius 2 is 2.05 bits per heavy atom. The molecule has 2 rings (SSSR count). The third kappa shape index (κ3) is 3.09. The van der Waals surface area contributed by atoms with Gasteiger partial charge in [0.25, 0.3) is 0 Å². The molecule has 0 atom stereocenters. The van der Waals surface area contributed by atoms with Crippen molar-refractivity contribution in [2.24, 2.45) is 0 Å². The summed E-state index contributed by atoms with van der Waals surface area (Å²) in [5.41, 5.74) is 2.32. The van der Waals surface area contributed by atoms with Crippen LogP contribution in [0.1, 0.15) is 42.7 Å². The molecule has 0 fully saturated rings. The largest absolute Gasteiger partial charge is 0.494 e. The van der Waals surface area contributed by atoms with Gasteiger partial charge >= 0.3 is 5.97 Å². The fourth-order valence-electron chi connectivity index (χ4n) is 2.70. The minimum Gasteiger partial charge on any atom is -0.494 e. The Hall–Kier alpha value is -2.01. The number of hydrogen-bond acceptors (Lipinski definition) is 3. The van der Waals surface area contributed by atoms with Gasteiger partial charge in [0, 0.05) is 19.0 Å². The number of fused-ring (bicyclic) bond motifs is 1. The summed E-state index contributed by atoms with van der Waals surface area (Å²) in [4.78, 5) is 11.6. The summed E-state index contributed by atoms with van der Waals surface area (Å²) in [7, 11) is 1.61. The third-order valence-electron chi connectivity index (χ3n) is 3.67. The molecule has 0 spiro atoms. The standard InChI is InChI=1S/C17H23NO4/c1-5-22-13-8-12-9-15(17(19)20)18(6-7-21-4)16(12)14(10-13)11(2)3/h8-11H,5-7H2,1-4H3,(H,19,20). The summed E-state index contributed by atoms with van der Waals surface area (Å²) in [5, 5.41) is 10.4. The second kappa shape index (κ2) is 6.83. The van der Waals surface area contributed by atoms with E-state index in [1.807, 2.05) is 23.6 Å². The van der Waals surface area contributed by atoms with Crippen LogP contribution in [0.2, 0.25) is 0 Å². The predicted octanol–water partition coefficient (Wildman–Crippen LogP) is 3.51. The Bertz CT molecular complexity index is 673. The van der Waals surface area contributed by atoms with Crippen molar-refractivity contribution in [2.75, 3.05) is 20.3 Å². The molecule has 0 saturated carbocycles. The van der Waals surface area contributed by atoms with Crippen LogP contribution in [0, 0.1) is 0 Å². The van der Waals surface area contributed by atoms with Crippen LogP contribution < -0.4 is 4.74 Å². The second-order valence-electron chi connectivity index (χ2n) is 5.52. The number of methoxy groups -OCH3 is 1. The molecule has 0 amide bonds. The molecular weight excluding hydrogens is 282 g/mol. The van der Waals surface area contributed by atoms with Gasteiger partial charge in [0.05, 0.1) is 18.7 Å². The highest BCUT2D eigenvalue weighted by Gasteiger charge is 2.19. The number of rotatable bonds is 7. The molecule has 1 aromatic carbocycles. The lowest BCUT2D eigenvalue weighted by molar-refractivity contribution is 0.0683. The molecule has 0 radical (unpaired) electrons. The van der Waals surface area contributed by atoms with Crippen LogP contribution in [-0.2, 0) is 11.3 Å². The van der Waals surface area contributed by atoms with Crippen molar-refractivity contribution in [3.63, 3.8) is 0 Å². The van der Waals surface area contributed by atoms with Crippen LogP contribution in [0.15, 0.2) is 18.2 Å². The highest BCUT2D eigenvalue weighted by molar-refractivity contribution is 5.96. The Labute approximate surface area is 130 Å². The van der Waals surface area contributed by atoms with Crippen LogP contribution >= 0.6 is 0 Å². The van der Waals surface area contributed by atoms with Gasteiger partial charge in [-0.15, -0.1) is 0 Å². The molecule has 22 heavy (non-hydrogen) atoms. The summed E-state index contributed by atoms with van der Waals surface area (Å²) in [6, 6.07) is 5.62. The zero-order valence-corrected chi connectivity index (χ0v) is 13.5. The lowest BCUT2D eigenvalue weighted by atomic mass is 10.00. The summed E-state index contributed by atoms with van der Waals surface area (Å²) in [6.07, 6.45) is 0. The zero-order chi connectivity index (χ0) is 16.3. The van der Waals surface area contributed by atoms with Crippen LogP contribution in [0.25, 0.3) is 10.9 Å². The lowest BCUT2D eigenvalue weighted by Crippen LogP contribution is -2.12. The first kappa shape index (κ1) is 16.4. The minimum absolute atomic E-state index is 0.265. The Morgan fingerprint density at radius 1 is 1.32 bits per heavy atom. The summed E-state index contributed by atoms with van der Waals surface area (Å²) in [5.74, 6) is 0.111. The first-order valence-electron chi connectivity index (χ1n) is 7.51. The molecule has 1 N–H and O–H groups in total. The second-order valence-corrected chi connectivity index (χ2v) is 5.52. The van der Waals surface area contributed by atoms with E-state index in [9.17, 15) is 9.90 Å². The van der Waals surface area contributed by atoms with E-state index in [1.54, 1.807) is 13.2 Å². The van der Waals surface area contributed by atoms with E-state index in [2.05, 4.69) is 13.8 Å². The molecule has 0 saturated heterocycles. The van der Waals surface area contributed by atoms with Crippen molar-refractivity contribution in [1.29, 1.82) is 0 Å². The first-order valence-corrected chi connectivity index (χ1v) is 7.51. The summed E-state index contributed by atoms with van der Waals surface area (Å²) < 4.78 is 12.6. The van der Waals surface area contributed by atoms with Crippen molar-refractivity contribution < 1.29 is 19.4 Å². The maximum Gasteiger partial charge on any atom is 0.352 e. The molecule has 0 unspecified atom stereocenters. The van der Waals surface area contributed by atoms with Crippen LogP contribution in [0.4, 0.5) is 0 Å². The molecule has 5 nitrogen and oxygen atoms in total. The molecule has 0 aliphatic heterocycles. The van der Waals surface area contributed by atoms with Crippen LogP contribution in [-0.4, -0.2) is 36.0 Å². The number of benzene rings is 1. The van der Waals surface area contributed by atoms with E-state index in [4.69, 9.17) is 9.47 Å². The molecule has 5 heteroatoms. The summed E-state index contributed by atoms with van der Waals surface area (Å²) >= 11 is 0. The van der Waals surface area contributed by atoms with Crippen LogP contribution in [0.3, 0.4) is 0 Å². The molecular formula is C17H23NO4. The number of carboxylic acid groups (broad SMARTS) is 1. The molecule has 0 aliphatic carbocycles. The average Bonchev–Trinajstić information content (AvgIpc) is 2.83. The van der Waals surface area contributed by atoms with Crippen molar-refractivity contribution in [1.82, 2.24) is 4.57 Å². The summed E-state index contributed by atoms with van der Waals surface area (Å²) in [6.45, 7) is 7.69. The van der Waals surface area contributed by atoms with Gasteiger partial charge in [-0.2, -0.15) is 0 Å². The normalized spacial score (nSPS) is 11.3. The van der Waals surface area contributed by atoms with E-state index in [0.29, 0.717) is 19.8 Å². The number of carbonyl (C=O) groups is 1. The number of aromatic nitrogens is 1. The van der Waals surface area contributed by atoms with Gasteiger partial charge in [-0.3, -0.25) is 0 Å². The SMILES string of the molecule is CCOc1cc(C(C)C)c2c(c1)cc(C(=O)O)n2CCOC. The number of carboxylic acids is 1. The van der Waals surface area contributed by atoms with E-state index >= 15 is 0 Å². The predicted molar refractivity (Wildman–Crippen MR) is 86.0 cm³/mol. The Balaban J connectivity index is 2.71. The van der Waals surface area contributed by atoms with E-state index in [-0.39, 0.29) is 11.6 Å². The maximum absolute atomic E-state index is 11.6. The van der Waals surface area contributed by atoms with Gasteiger partial charge in [0.1, 0.15) is 11.4 Å². The number of aromatic carboxylic acids is 1. The number of hydrogen-bond donors (Lipinski definition) is 1. The van der Waals surface area contributed by atoms with Gasteiger partial charge in [-0.05, 0) is 36.6 Å². The molecule has 0 bridgehead atoms. The smallest absolute Gasteiger partial charge is 0.352 e. The molecule has 2 aromatic rings. The zero-order valence-electron chi connectivity index (χ0n) is 13.5. The highest BCUT2D eigenvalue weighted by Crippen LogP contribution is 2.33. The quantitative estimate of drug-likeness (QED) is 0.850. The molecule has 1 heterocycles. The number of nitrogens with zero attached hydrogens (tertiary/aromatic N) is 1. The van der Waals surface area contributed by atoms with Crippen molar-refractivity contribution in [3.05, 3.63) is 29.5 Å². The van der Waals surface area contributed by atoms with E-state index in [0.717, 1.165) is 22.2 Å². The monoisotopic (exact) mass is 305 g/mol. The lowest BCUT2D eigenvalue weighted by Gasteiger charge is -2.15. The van der Waals surface area contributed by atoms with Gasteiger partial charge in [-0.1, -0.05) is 13.8 Å². The highest BCUT2D eigenvalue weighted by atomic mass is 16.5. The van der Waals surface area contributed by atoms with Gasteiger partial charge in [0.2, 0.25) is 0 Å². The average molecular weight is 305 g/mol. The minimum atomic E-state index is -0.931. The van der Waals surface area contributed by atoms with Crippen molar-refractivity contribution >= 4 is 16.9 Å². The first-order chi connectivity index (χ1) is 10.5. The fourth-order valence-corrected chi connectivity index (χ4v) is 2.70. The van der Waals surface area contributed by atoms with Crippen molar-refractivity contribution in [2.45, 2.75) is 33.2 Å². The van der Waals surface area contributed by atoms with E-state index in [1.165, 1.54) is 0 Å². The van der Waals surface area contributed by atoms with E-state index < -0.39 is 5.97 Å². The molecule has 120 valence electrons. The topological polar surface area (TPSA) is 60.7 Å². The number of ether oxygens (including phenoxy) is 2. The third-order valence-corrected chi connectivity index (χ3v) is 3.67. The van der Waals surface area contributed by atoms with Gasteiger partial charge in [0.15, 0.2) is 0 Å². The van der Waals surface area contributed by atoms with Crippen molar-refractivity contribution in [3.8, 4) is 5.75 Å². The molecule has 0 aliphatic rings. The van der Waals surface area contributed by atoms with Gasteiger partial charge in [-0.25, -0.2) is 4.79 Å². The molecule has 1 aromatic heterocycles. The van der Waals surface area contributed by atoms with Crippen LogP contribution in [0.5, 0.6) is 5.75 Å². The maximum atomic E-state index is 11.6.